The smallest absolute Gasteiger partial charge is 0.0351 e. The molecule has 0 heterocycles. The Morgan fingerprint density at radius 3 is 1.19 bits per heavy atom. The van der Waals surface area contributed by atoms with Gasteiger partial charge in [0.2, 0.25) is 0 Å². The number of rotatable bonds is 21. The molecule has 0 fully saturated rings. The molecule has 0 heteroatoms. The molecule has 0 saturated heterocycles. The zero-order valence-corrected chi connectivity index (χ0v) is 18.9. The molecule has 0 aliphatic rings. The third kappa shape index (κ3) is 23.7. The van der Waals surface area contributed by atoms with Crippen LogP contribution in [0.1, 0.15) is 149 Å². The van der Waals surface area contributed by atoms with E-state index in [1.807, 2.05) is 0 Å². The third-order valence-corrected chi connectivity index (χ3v) is 5.54. The van der Waals surface area contributed by atoms with E-state index in [1.54, 1.807) is 0 Å². The lowest BCUT2D eigenvalue weighted by atomic mass is 10.0. The lowest BCUT2D eigenvalue weighted by molar-refractivity contribution is 0.504. The summed E-state index contributed by atoms with van der Waals surface area (Å²) in [4.78, 5) is 0. The molecular formula is C26H52. The minimum Gasteiger partial charge on any atom is -0.0885 e. The van der Waals surface area contributed by atoms with Crippen LogP contribution in [0, 0.1) is 5.92 Å². The van der Waals surface area contributed by atoms with Crippen LogP contribution in [0.3, 0.4) is 0 Å². The first-order chi connectivity index (χ1) is 12.8. The molecule has 0 spiro atoms. The quantitative estimate of drug-likeness (QED) is 0.140. The van der Waals surface area contributed by atoms with Gasteiger partial charge in [-0.1, -0.05) is 136 Å². The average molecular weight is 365 g/mol. The molecule has 0 aliphatic heterocycles. The van der Waals surface area contributed by atoms with Crippen LogP contribution in [0.5, 0.6) is 0 Å². The summed E-state index contributed by atoms with van der Waals surface area (Å²) in [6.45, 7) is 6.97. The van der Waals surface area contributed by atoms with E-state index >= 15 is 0 Å². The van der Waals surface area contributed by atoms with Gasteiger partial charge in [-0.15, -0.1) is 0 Å². The lowest BCUT2D eigenvalue weighted by Crippen LogP contribution is -1.87. The summed E-state index contributed by atoms with van der Waals surface area (Å²) >= 11 is 0. The summed E-state index contributed by atoms with van der Waals surface area (Å²) < 4.78 is 0. The molecule has 0 nitrogen and oxygen atoms in total. The summed E-state index contributed by atoms with van der Waals surface area (Å²) in [6.07, 6.45) is 33.5. The van der Waals surface area contributed by atoms with Crippen LogP contribution in [0.2, 0.25) is 0 Å². The van der Waals surface area contributed by atoms with Crippen molar-refractivity contribution < 1.29 is 0 Å². The van der Waals surface area contributed by atoms with Gasteiger partial charge in [0, 0.05) is 0 Å². The molecule has 26 heavy (non-hydrogen) atoms. The second kappa shape index (κ2) is 22.8. The Kier molecular flexibility index (Phi) is 22.6. The van der Waals surface area contributed by atoms with Crippen molar-refractivity contribution in [3.8, 4) is 0 Å². The van der Waals surface area contributed by atoms with Crippen LogP contribution < -0.4 is 0 Å². The van der Waals surface area contributed by atoms with E-state index < -0.39 is 0 Å². The Hall–Kier alpha value is -0.260. The van der Waals surface area contributed by atoms with Crippen LogP contribution in [-0.4, -0.2) is 0 Å². The molecule has 0 atom stereocenters. The van der Waals surface area contributed by atoms with Crippen LogP contribution in [0.25, 0.3) is 0 Å². The van der Waals surface area contributed by atoms with Gasteiger partial charge in [-0.05, 0) is 31.6 Å². The van der Waals surface area contributed by atoms with E-state index in [2.05, 4.69) is 32.9 Å². The van der Waals surface area contributed by atoms with Gasteiger partial charge in [-0.25, -0.2) is 0 Å². The van der Waals surface area contributed by atoms with E-state index in [1.165, 1.54) is 128 Å². The Balaban J connectivity index is 3.05. The van der Waals surface area contributed by atoms with Gasteiger partial charge in [0.05, 0.1) is 0 Å². The van der Waals surface area contributed by atoms with Crippen molar-refractivity contribution >= 4 is 0 Å². The minimum atomic E-state index is 0.894. The summed E-state index contributed by atoms with van der Waals surface area (Å²) in [6, 6.07) is 0. The molecule has 0 aromatic rings. The lowest BCUT2D eigenvalue weighted by Gasteiger charge is -2.04. The van der Waals surface area contributed by atoms with Gasteiger partial charge in [0.15, 0.2) is 0 Å². The third-order valence-electron chi connectivity index (χ3n) is 5.54. The maximum Gasteiger partial charge on any atom is -0.0351 e. The molecule has 0 bridgehead atoms. The molecule has 0 aromatic carbocycles. The highest BCUT2D eigenvalue weighted by Crippen LogP contribution is 2.14. The summed E-state index contributed by atoms with van der Waals surface area (Å²) in [5, 5.41) is 0. The van der Waals surface area contributed by atoms with Gasteiger partial charge in [-0.3, -0.25) is 0 Å². The first-order valence-electron chi connectivity index (χ1n) is 12.4. The number of hydrogen-bond donors (Lipinski definition) is 0. The molecule has 0 rings (SSSR count). The van der Waals surface area contributed by atoms with Crippen molar-refractivity contribution in [2.45, 2.75) is 149 Å². The molecule has 156 valence electrons. The van der Waals surface area contributed by atoms with E-state index in [9.17, 15) is 0 Å². The molecule has 0 saturated carbocycles. The highest BCUT2D eigenvalue weighted by molar-refractivity contribution is 4.81. The van der Waals surface area contributed by atoms with Gasteiger partial charge in [0.25, 0.3) is 0 Å². The van der Waals surface area contributed by atoms with Crippen molar-refractivity contribution in [2.75, 3.05) is 0 Å². The predicted molar refractivity (Wildman–Crippen MR) is 122 cm³/mol. The first kappa shape index (κ1) is 25.7. The van der Waals surface area contributed by atoms with Crippen LogP contribution in [-0.2, 0) is 0 Å². The standard InChI is InChI=1S/C26H52/c1-4-5-6-7-8-9-10-11-12-13-14-15-16-17-18-19-20-21-22-23-24-25-26(2)3/h11-12,26H,4-10,13-25H2,1-3H3/b12-11-. The van der Waals surface area contributed by atoms with E-state index in [0.29, 0.717) is 0 Å². The van der Waals surface area contributed by atoms with Crippen LogP contribution in [0.15, 0.2) is 12.2 Å². The van der Waals surface area contributed by atoms with Crippen molar-refractivity contribution in [1.29, 1.82) is 0 Å². The number of unbranched alkanes of at least 4 members (excludes halogenated alkanes) is 17. The zero-order valence-electron chi connectivity index (χ0n) is 18.9. The second-order valence-electron chi connectivity index (χ2n) is 8.89. The topological polar surface area (TPSA) is 0 Å². The Morgan fingerprint density at radius 2 is 0.808 bits per heavy atom. The molecule has 0 unspecified atom stereocenters. The van der Waals surface area contributed by atoms with Gasteiger partial charge < -0.3 is 0 Å². The SMILES string of the molecule is CCCCCCCC/C=C\CCCCCCCCCCCCCC(C)C. The number of hydrogen-bond acceptors (Lipinski definition) is 0. The first-order valence-corrected chi connectivity index (χ1v) is 12.4. The van der Waals surface area contributed by atoms with Crippen molar-refractivity contribution in [3.63, 3.8) is 0 Å². The summed E-state index contributed by atoms with van der Waals surface area (Å²) in [7, 11) is 0. The second-order valence-corrected chi connectivity index (χ2v) is 8.89. The van der Waals surface area contributed by atoms with Gasteiger partial charge in [0.1, 0.15) is 0 Å². The Morgan fingerprint density at radius 1 is 0.462 bits per heavy atom. The van der Waals surface area contributed by atoms with Crippen LogP contribution >= 0.6 is 0 Å². The predicted octanol–water partition coefficient (Wildman–Crippen LogP) is 10.0. The monoisotopic (exact) mass is 364 g/mol. The van der Waals surface area contributed by atoms with Crippen LogP contribution in [0.4, 0.5) is 0 Å². The fourth-order valence-electron chi connectivity index (χ4n) is 3.68. The van der Waals surface area contributed by atoms with E-state index in [4.69, 9.17) is 0 Å². The Labute approximate surface area is 167 Å². The summed E-state index contributed by atoms with van der Waals surface area (Å²) in [5.41, 5.74) is 0. The van der Waals surface area contributed by atoms with E-state index in [0.717, 1.165) is 5.92 Å². The highest BCUT2D eigenvalue weighted by Gasteiger charge is 1.95. The average Bonchev–Trinajstić information content (AvgIpc) is 2.62. The van der Waals surface area contributed by atoms with Crippen molar-refractivity contribution in [3.05, 3.63) is 12.2 Å². The summed E-state index contributed by atoms with van der Waals surface area (Å²) in [5.74, 6) is 0.894. The van der Waals surface area contributed by atoms with Crippen molar-refractivity contribution in [2.24, 2.45) is 5.92 Å². The van der Waals surface area contributed by atoms with Gasteiger partial charge >= 0.3 is 0 Å². The van der Waals surface area contributed by atoms with Gasteiger partial charge in [-0.2, -0.15) is 0 Å². The maximum absolute atomic E-state index is 2.44. The molecule has 0 amide bonds. The molecule has 0 N–H and O–H groups in total. The van der Waals surface area contributed by atoms with E-state index in [-0.39, 0.29) is 0 Å². The fraction of sp³-hybridized carbons (Fsp3) is 0.923. The molecular weight excluding hydrogens is 312 g/mol. The molecule has 0 radical (unpaired) electrons. The fourth-order valence-corrected chi connectivity index (χ4v) is 3.68. The maximum atomic E-state index is 2.44. The zero-order chi connectivity index (χ0) is 19.1. The highest BCUT2D eigenvalue weighted by atomic mass is 14.0. The normalized spacial score (nSPS) is 11.8. The largest absolute Gasteiger partial charge is 0.0885 e. The minimum absolute atomic E-state index is 0.894. The molecule has 0 aliphatic carbocycles. The Bertz CT molecular complexity index is 263. The van der Waals surface area contributed by atoms with Crippen molar-refractivity contribution in [1.82, 2.24) is 0 Å². The number of allylic oxidation sites excluding steroid dienone is 2. The molecule has 0 aromatic heterocycles.